The highest BCUT2D eigenvalue weighted by atomic mass is 16.5. The maximum atomic E-state index is 9.36. The number of aliphatic hydroxyl groups is 1. The fourth-order valence-electron chi connectivity index (χ4n) is 1.76. The first-order valence-electron chi connectivity index (χ1n) is 5.51. The van der Waals surface area contributed by atoms with Gasteiger partial charge in [0.15, 0.2) is 0 Å². The second-order valence-electron chi connectivity index (χ2n) is 4.78. The smallest absolute Gasteiger partial charge is 0.119 e. The molecule has 1 rings (SSSR count). The Morgan fingerprint density at radius 1 is 1.53 bits per heavy atom. The predicted molar refractivity (Wildman–Crippen MR) is 67.5 cm³/mol. The Morgan fingerprint density at radius 3 is 2.65 bits per heavy atom. The van der Waals surface area contributed by atoms with E-state index in [-0.39, 0.29) is 0 Å². The molecule has 88 valence electrons. The molecule has 17 heavy (non-hydrogen) atoms. The van der Waals surface area contributed by atoms with E-state index >= 15 is 0 Å². The van der Waals surface area contributed by atoms with Gasteiger partial charge in [0.1, 0.15) is 19.2 Å². The van der Waals surface area contributed by atoms with Gasteiger partial charge in [0.25, 0.3) is 0 Å². The number of benzene rings is 1. The molecule has 0 heterocycles. The van der Waals surface area contributed by atoms with Gasteiger partial charge in [0.05, 0.1) is 17.7 Å². The summed E-state index contributed by atoms with van der Waals surface area (Å²) in [6.45, 7) is 5.49. The molecule has 0 saturated carbocycles. The lowest BCUT2D eigenvalue weighted by Gasteiger charge is -2.28. The van der Waals surface area contributed by atoms with Gasteiger partial charge in [-0.1, -0.05) is 5.46 Å². The van der Waals surface area contributed by atoms with Crippen LogP contribution in [0.1, 0.15) is 32.8 Å². The molecule has 4 heteroatoms. The van der Waals surface area contributed by atoms with Crippen molar-refractivity contribution in [3.8, 4) is 11.8 Å². The minimum absolute atomic E-state index is 0.433. The predicted octanol–water partition coefficient (Wildman–Crippen LogP) is 1.28. The summed E-state index contributed by atoms with van der Waals surface area (Å²) in [4.78, 5) is 0. The van der Waals surface area contributed by atoms with Crippen LogP contribution >= 0.6 is 0 Å². The Bertz CT molecular complexity index is 436. The van der Waals surface area contributed by atoms with Crippen LogP contribution in [0, 0.1) is 11.3 Å². The second-order valence-corrected chi connectivity index (χ2v) is 4.78. The standard InChI is InChI=1S/C13H16BNO2/c1-9(16)7-13(2,3)17-12-5-4-10(8-15)6-11(12)14/h4-6,9,16H,7H2,1-3H3. The van der Waals surface area contributed by atoms with Crippen molar-refractivity contribution < 1.29 is 9.84 Å². The van der Waals surface area contributed by atoms with Gasteiger partial charge in [0, 0.05) is 6.42 Å². The van der Waals surface area contributed by atoms with Gasteiger partial charge in [-0.2, -0.15) is 5.26 Å². The first-order valence-corrected chi connectivity index (χ1v) is 5.51. The van der Waals surface area contributed by atoms with Crippen LogP contribution in [0.15, 0.2) is 18.2 Å². The molecule has 1 aromatic rings. The highest BCUT2D eigenvalue weighted by molar-refractivity contribution is 6.34. The van der Waals surface area contributed by atoms with Crippen molar-refractivity contribution in [3.63, 3.8) is 0 Å². The van der Waals surface area contributed by atoms with Gasteiger partial charge in [0.2, 0.25) is 0 Å². The van der Waals surface area contributed by atoms with E-state index < -0.39 is 11.7 Å². The van der Waals surface area contributed by atoms with E-state index in [2.05, 4.69) is 0 Å². The summed E-state index contributed by atoms with van der Waals surface area (Å²) in [6.07, 6.45) is 0.0662. The third-order valence-electron chi connectivity index (χ3n) is 2.31. The van der Waals surface area contributed by atoms with Crippen LogP contribution in [0.3, 0.4) is 0 Å². The molecule has 0 spiro atoms. The number of nitriles is 1. The van der Waals surface area contributed by atoms with E-state index in [0.717, 1.165) is 0 Å². The number of aliphatic hydroxyl groups excluding tert-OH is 1. The SMILES string of the molecule is [B]c1cc(C#N)ccc1OC(C)(C)CC(C)O. The molecule has 0 saturated heterocycles. The molecule has 0 amide bonds. The zero-order chi connectivity index (χ0) is 13.1. The summed E-state index contributed by atoms with van der Waals surface area (Å²) in [5.41, 5.74) is 0.432. The number of rotatable bonds is 4. The van der Waals surface area contributed by atoms with Crippen LogP contribution < -0.4 is 10.2 Å². The van der Waals surface area contributed by atoms with Gasteiger partial charge >= 0.3 is 0 Å². The number of hydrogen-bond acceptors (Lipinski definition) is 3. The normalized spacial score (nSPS) is 12.9. The van der Waals surface area contributed by atoms with Crippen LogP contribution in [-0.2, 0) is 0 Å². The van der Waals surface area contributed by atoms with Crippen LogP contribution in [0.25, 0.3) is 0 Å². The molecule has 0 aromatic heterocycles. The van der Waals surface area contributed by atoms with Crippen LogP contribution in [0.2, 0.25) is 0 Å². The van der Waals surface area contributed by atoms with Gasteiger partial charge in [-0.3, -0.25) is 0 Å². The van der Waals surface area contributed by atoms with Crippen LogP contribution in [-0.4, -0.2) is 24.7 Å². The van der Waals surface area contributed by atoms with E-state index in [1.807, 2.05) is 19.9 Å². The molecule has 1 N–H and O–H groups in total. The number of hydrogen-bond donors (Lipinski definition) is 1. The summed E-state index contributed by atoms with van der Waals surface area (Å²) in [6, 6.07) is 6.93. The molecule has 1 aromatic carbocycles. The van der Waals surface area contributed by atoms with Crippen LogP contribution in [0.4, 0.5) is 0 Å². The Balaban J connectivity index is 2.85. The molecule has 3 nitrogen and oxygen atoms in total. The molecule has 0 bridgehead atoms. The van der Waals surface area contributed by atoms with E-state index in [1.54, 1.807) is 25.1 Å². The number of ether oxygens (including phenoxy) is 1. The largest absolute Gasteiger partial charge is 0.488 e. The topological polar surface area (TPSA) is 53.2 Å². The Labute approximate surface area is 103 Å². The lowest BCUT2D eigenvalue weighted by molar-refractivity contribution is 0.0464. The summed E-state index contributed by atoms with van der Waals surface area (Å²) < 4.78 is 5.75. The van der Waals surface area contributed by atoms with Crippen molar-refractivity contribution in [3.05, 3.63) is 23.8 Å². The minimum atomic E-state index is -0.504. The molecular weight excluding hydrogens is 213 g/mol. The highest BCUT2D eigenvalue weighted by Gasteiger charge is 2.22. The van der Waals surface area contributed by atoms with Crippen molar-refractivity contribution in [2.45, 2.75) is 38.9 Å². The molecule has 1 unspecified atom stereocenters. The third kappa shape index (κ3) is 4.12. The maximum absolute atomic E-state index is 9.36. The molecule has 0 aliphatic heterocycles. The van der Waals surface area contributed by atoms with Crippen molar-refractivity contribution in [1.82, 2.24) is 0 Å². The quantitative estimate of drug-likeness (QED) is 0.791. The van der Waals surface area contributed by atoms with E-state index in [4.69, 9.17) is 17.8 Å². The Kier molecular flexibility index (Phi) is 4.19. The molecular formula is C13H16BNO2. The monoisotopic (exact) mass is 229 g/mol. The van der Waals surface area contributed by atoms with E-state index in [0.29, 0.717) is 23.2 Å². The third-order valence-corrected chi connectivity index (χ3v) is 2.31. The maximum Gasteiger partial charge on any atom is 0.119 e. The van der Waals surface area contributed by atoms with Gasteiger partial charge < -0.3 is 9.84 Å². The summed E-state index contributed by atoms with van der Waals surface area (Å²) in [5.74, 6) is 0.537. The average Bonchev–Trinajstić information content (AvgIpc) is 2.18. The zero-order valence-electron chi connectivity index (χ0n) is 10.4. The lowest BCUT2D eigenvalue weighted by atomic mass is 9.92. The van der Waals surface area contributed by atoms with Crippen molar-refractivity contribution >= 4 is 13.3 Å². The van der Waals surface area contributed by atoms with Crippen molar-refractivity contribution in [1.29, 1.82) is 5.26 Å². The van der Waals surface area contributed by atoms with Crippen molar-refractivity contribution in [2.75, 3.05) is 0 Å². The fraction of sp³-hybridized carbons (Fsp3) is 0.462. The first-order chi connectivity index (χ1) is 7.84. The van der Waals surface area contributed by atoms with Gasteiger partial charge in [-0.15, -0.1) is 0 Å². The van der Waals surface area contributed by atoms with Crippen LogP contribution in [0.5, 0.6) is 5.75 Å². The average molecular weight is 229 g/mol. The Hall–Kier alpha value is -1.47. The highest BCUT2D eigenvalue weighted by Crippen LogP contribution is 2.21. The number of nitrogens with zero attached hydrogens (tertiary/aromatic N) is 1. The molecule has 0 fully saturated rings. The summed E-state index contributed by atoms with van der Waals surface area (Å²) in [7, 11) is 5.80. The molecule has 1 atom stereocenters. The molecule has 0 aliphatic carbocycles. The first kappa shape index (κ1) is 13.6. The van der Waals surface area contributed by atoms with E-state index in [9.17, 15) is 5.11 Å². The summed E-state index contributed by atoms with van der Waals surface area (Å²) in [5, 5.41) is 18.1. The Morgan fingerprint density at radius 2 is 2.18 bits per heavy atom. The lowest BCUT2D eigenvalue weighted by Crippen LogP contribution is -2.33. The second kappa shape index (κ2) is 5.24. The van der Waals surface area contributed by atoms with Gasteiger partial charge in [-0.05, 0) is 39.0 Å². The summed E-state index contributed by atoms with van der Waals surface area (Å²) >= 11 is 0. The zero-order valence-corrected chi connectivity index (χ0v) is 10.4. The molecule has 0 aliphatic rings. The minimum Gasteiger partial charge on any atom is -0.488 e. The molecule has 2 radical (unpaired) electrons. The van der Waals surface area contributed by atoms with Crippen molar-refractivity contribution in [2.24, 2.45) is 0 Å². The fourth-order valence-corrected chi connectivity index (χ4v) is 1.76. The van der Waals surface area contributed by atoms with E-state index in [1.165, 1.54) is 0 Å². The van der Waals surface area contributed by atoms with Gasteiger partial charge in [-0.25, -0.2) is 0 Å².